The monoisotopic (exact) mass is 287 g/mol. The van der Waals surface area contributed by atoms with E-state index in [-0.39, 0.29) is 0 Å². The van der Waals surface area contributed by atoms with Gasteiger partial charge in [-0.3, -0.25) is 0 Å². The zero-order chi connectivity index (χ0) is 9.97. The summed E-state index contributed by atoms with van der Waals surface area (Å²) in [4.78, 5) is 4.62. The molecular formula is C10H10BrNS2. The van der Waals surface area contributed by atoms with E-state index in [0.717, 1.165) is 10.2 Å². The SMILES string of the molecule is Cc1cc(Br)ccc1N=C1SCCS1. The highest BCUT2D eigenvalue weighted by Gasteiger charge is 2.10. The van der Waals surface area contributed by atoms with E-state index in [1.807, 2.05) is 29.6 Å². The molecule has 0 unspecified atom stereocenters. The van der Waals surface area contributed by atoms with E-state index in [4.69, 9.17) is 0 Å². The van der Waals surface area contributed by atoms with E-state index in [2.05, 4.69) is 40.0 Å². The summed E-state index contributed by atoms with van der Waals surface area (Å²) >= 11 is 7.15. The molecule has 1 aromatic rings. The number of aryl methyl sites for hydroxylation is 1. The van der Waals surface area contributed by atoms with E-state index >= 15 is 0 Å². The molecule has 1 nitrogen and oxygen atoms in total. The van der Waals surface area contributed by atoms with Gasteiger partial charge in [0.15, 0.2) is 0 Å². The van der Waals surface area contributed by atoms with E-state index in [1.54, 1.807) is 0 Å². The lowest BCUT2D eigenvalue weighted by atomic mass is 10.2. The zero-order valence-electron chi connectivity index (χ0n) is 7.79. The summed E-state index contributed by atoms with van der Waals surface area (Å²) in [5.41, 5.74) is 2.31. The molecule has 0 saturated carbocycles. The Morgan fingerprint density at radius 3 is 2.64 bits per heavy atom. The Morgan fingerprint density at radius 1 is 1.29 bits per heavy atom. The number of aliphatic imine (C=N–C) groups is 1. The quantitative estimate of drug-likeness (QED) is 0.767. The third kappa shape index (κ3) is 2.55. The van der Waals surface area contributed by atoms with Gasteiger partial charge in [0.25, 0.3) is 0 Å². The summed E-state index contributed by atoms with van der Waals surface area (Å²) in [7, 11) is 0. The Kier molecular flexibility index (Phi) is 3.57. The van der Waals surface area contributed by atoms with Gasteiger partial charge in [0.1, 0.15) is 4.38 Å². The van der Waals surface area contributed by atoms with Crippen molar-refractivity contribution in [3.05, 3.63) is 28.2 Å². The third-order valence-electron chi connectivity index (χ3n) is 1.90. The average molecular weight is 288 g/mol. The lowest BCUT2D eigenvalue weighted by molar-refractivity contribution is 1.39. The van der Waals surface area contributed by atoms with Crippen LogP contribution >= 0.6 is 39.5 Å². The van der Waals surface area contributed by atoms with Crippen molar-refractivity contribution < 1.29 is 0 Å². The predicted molar refractivity (Wildman–Crippen MR) is 70.9 cm³/mol. The number of rotatable bonds is 1. The second-order valence-electron chi connectivity index (χ2n) is 3.01. The van der Waals surface area contributed by atoms with Gasteiger partial charge in [0.2, 0.25) is 0 Å². The van der Waals surface area contributed by atoms with Gasteiger partial charge >= 0.3 is 0 Å². The number of benzene rings is 1. The summed E-state index contributed by atoms with van der Waals surface area (Å²) in [5.74, 6) is 2.39. The molecule has 0 aliphatic carbocycles. The molecule has 2 rings (SSSR count). The van der Waals surface area contributed by atoms with Crippen LogP contribution in [0.3, 0.4) is 0 Å². The molecule has 0 N–H and O–H groups in total. The van der Waals surface area contributed by atoms with Crippen molar-refractivity contribution in [3.8, 4) is 0 Å². The maximum atomic E-state index is 4.62. The first-order valence-corrected chi connectivity index (χ1v) is 7.12. The Labute approximate surface area is 101 Å². The fourth-order valence-corrected chi connectivity index (χ4v) is 3.86. The van der Waals surface area contributed by atoms with Crippen LogP contribution in [0.4, 0.5) is 5.69 Å². The standard InChI is InChI=1S/C10H10BrNS2/c1-7-6-8(11)2-3-9(7)12-10-13-4-5-14-10/h2-3,6H,4-5H2,1H3. The fourth-order valence-electron chi connectivity index (χ4n) is 1.21. The van der Waals surface area contributed by atoms with Crippen LogP contribution in [0.1, 0.15) is 5.56 Å². The molecule has 0 atom stereocenters. The lowest BCUT2D eigenvalue weighted by Crippen LogP contribution is -1.79. The summed E-state index contributed by atoms with van der Waals surface area (Å²) in [6.45, 7) is 2.09. The van der Waals surface area contributed by atoms with Crippen molar-refractivity contribution in [2.75, 3.05) is 11.5 Å². The average Bonchev–Trinajstić information content (AvgIpc) is 2.62. The van der Waals surface area contributed by atoms with Gasteiger partial charge in [0.05, 0.1) is 5.69 Å². The van der Waals surface area contributed by atoms with Gasteiger partial charge in [-0.25, -0.2) is 4.99 Å². The minimum atomic E-state index is 1.09. The Hall–Kier alpha value is 0.0700. The van der Waals surface area contributed by atoms with Gasteiger partial charge in [-0.1, -0.05) is 39.5 Å². The van der Waals surface area contributed by atoms with Crippen LogP contribution in [0.5, 0.6) is 0 Å². The van der Waals surface area contributed by atoms with Gasteiger partial charge in [-0.15, -0.1) is 0 Å². The highest BCUT2D eigenvalue weighted by Crippen LogP contribution is 2.31. The summed E-state index contributed by atoms with van der Waals surface area (Å²) in [6, 6.07) is 6.20. The molecule has 0 aromatic heterocycles. The maximum absolute atomic E-state index is 4.62. The van der Waals surface area contributed by atoms with Gasteiger partial charge in [-0.2, -0.15) is 0 Å². The molecule has 14 heavy (non-hydrogen) atoms. The van der Waals surface area contributed by atoms with E-state index < -0.39 is 0 Å². The smallest absolute Gasteiger partial charge is 0.130 e. The van der Waals surface area contributed by atoms with Crippen LogP contribution in [-0.2, 0) is 0 Å². The van der Waals surface area contributed by atoms with Crippen molar-refractivity contribution in [3.63, 3.8) is 0 Å². The van der Waals surface area contributed by atoms with Crippen molar-refractivity contribution in [2.45, 2.75) is 6.92 Å². The first-order chi connectivity index (χ1) is 6.75. The van der Waals surface area contributed by atoms with Crippen LogP contribution in [0.2, 0.25) is 0 Å². The molecule has 0 radical (unpaired) electrons. The molecule has 1 fully saturated rings. The molecule has 1 aliphatic heterocycles. The van der Waals surface area contributed by atoms with Crippen molar-refractivity contribution in [2.24, 2.45) is 4.99 Å². The normalized spacial score (nSPS) is 16.0. The molecule has 4 heteroatoms. The molecule has 1 saturated heterocycles. The summed E-state index contributed by atoms with van der Waals surface area (Å²) in [5, 5.41) is 0. The van der Waals surface area contributed by atoms with Crippen LogP contribution in [0.25, 0.3) is 0 Å². The van der Waals surface area contributed by atoms with Crippen molar-refractivity contribution >= 4 is 49.5 Å². The molecule has 0 bridgehead atoms. The Bertz CT molecular complexity index is 368. The number of thioether (sulfide) groups is 2. The zero-order valence-corrected chi connectivity index (χ0v) is 11.0. The first-order valence-electron chi connectivity index (χ1n) is 4.36. The van der Waals surface area contributed by atoms with Crippen LogP contribution < -0.4 is 0 Å². The molecule has 1 aromatic carbocycles. The molecule has 74 valence electrons. The van der Waals surface area contributed by atoms with Gasteiger partial charge < -0.3 is 0 Å². The predicted octanol–water partition coefficient (Wildman–Crippen LogP) is 4.23. The molecule has 0 spiro atoms. The molecular weight excluding hydrogens is 278 g/mol. The number of hydrogen-bond donors (Lipinski definition) is 0. The van der Waals surface area contributed by atoms with E-state index in [0.29, 0.717) is 0 Å². The minimum absolute atomic E-state index is 1.09. The van der Waals surface area contributed by atoms with Gasteiger partial charge in [-0.05, 0) is 30.7 Å². The number of halogens is 1. The molecule has 1 heterocycles. The highest BCUT2D eigenvalue weighted by molar-refractivity contribution is 9.10. The fraction of sp³-hybridized carbons (Fsp3) is 0.300. The number of nitrogens with zero attached hydrogens (tertiary/aromatic N) is 1. The summed E-state index contributed by atoms with van der Waals surface area (Å²) in [6.07, 6.45) is 0. The van der Waals surface area contributed by atoms with Crippen molar-refractivity contribution in [1.29, 1.82) is 0 Å². The second-order valence-corrected chi connectivity index (χ2v) is 6.35. The molecule has 0 amide bonds. The van der Waals surface area contributed by atoms with Crippen LogP contribution in [0.15, 0.2) is 27.7 Å². The summed E-state index contributed by atoms with van der Waals surface area (Å²) < 4.78 is 2.32. The topological polar surface area (TPSA) is 12.4 Å². The van der Waals surface area contributed by atoms with Crippen LogP contribution in [-0.4, -0.2) is 15.9 Å². The lowest BCUT2D eigenvalue weighted by Gasteiger charge is -2.01. The van der Waals surface area contributed by atoms with E-state index in [1.165, 1.54) is 21.4 Å². The first kappa shape index (κ1) is 10.6. The van der Waals surface area contributed by atoms with E-state index in [9.17, 15) is 0 Å². The minimum Gasteiger partial charge on any atom is -0.235 e. The van der Waals surface area contributed by atoms with Crippen molar-refractivity contribution in [1.82, 2.24) is 0 Å². The highest BCUT2D eigenvalue weighted by atomic mass is 79.9. The maximum Gasteiger partial charge on any atom is 0.130 e. The van der Waals surface area contributed by atoms with Gasteiger partial charge in [0, 0.05) is 16.0 Å². The largest absolute Gasteiger partial charge is 0.235 e. The third-order valence-corrected chi connectivity index (χ3v) is 4.86. The number of hydrogen-bond acceptors (Lipinski definition) is 3. The Balaban J connectivity index is 2.28. The molecule has 1 aliphatic rings. The Morgan fingerprint density at radius 2 is 2.00 bits per heavy atom. The second kappa shape index (κ2) is 4.73. The van der Waals surface area contributed by atoms with Crippen LogP contribution in [0, 0.1) is 6.92 Å².